The van der Waals surface area contributed by atoms with E-state index in [1.54, 1.807) is 6.26 Å². The fraction of sp³-hybridized carbons (Fsp3) is 0.214. The SMILES string of the molecule is Cc1ccc(NC(C)c2ccco2)c(C#N)c1. The van der Waals surface area contributed by atoms with Crippen LogP contribution in [0.4, 0.5) is 5.69 Å². The van der Waals surface area contributed by atoms with E-state index in [0.29, 0.717) is 5.56 Å². The van der Waals surface area contributed by atoms with Crippen LogP contribution < -0.4 is 5.32 Å². The number of rotatable bonds is 3. The lowest BCUT2D eigenvalue weighted by Crippen LogP contribution is -2.06. The van der Waals surface area contributed by atoms with E-state index in [-0.39, 0.29) is 6.04 Å². The average molecular weight is 226 g/mol. The Morgan fingerprint density at radius 1 is 1.35 bits per heavy atom. The largest absolute Gasteiger partial charge is 0.467 e. The van der Waals surface area contributed by atoms with Gasteiger partial charge in [0.15, 0.2) is 0 Å². The Morgan fingerprint density at radius 2 is 2.18 bits per heavy atom. The number of anilines is 1. The monoisotopic (exact) mass is 226 g/mol. The van der Waals surface area contributed by atoms with E-state index < -0.39 is 0 Å². The third-order valence-electron chi connectivity index (χ3n) is 2.64. The van der Waals surface area contributed by atoms with Crippen molar-refractivity contribution in [2.45, 2.75) is 19.9 Å². The summed E-state index contributed by atoms with van der Waals surface area (Å²) in [4.78, 5) is 0. The van der Waals surface area contributed by atoms with Gasteiger partial charge in [0, 0.05) is 0 Å². The van der Waals surface area contributed by atoms with Crippen molar-refractivity contribution in [1.82, 2.24) is 0 Å². The van der Waals surface area contributed by atoms with Crippen LogP contribution >= 0.6 is 0 Å². The summed E-state index contributed by atoms with van der Waals surface area (Å²) in [5, 5.41) is 12.3. The van der Waals surface area contributed by atoms with Crippen molar-refractivity contribution in [1.29, 1.82) is 5.26 Å². The maximum atomic E-state index is 9.07. The van der Waals surface area contributed by atoms with Crippen molar-refractivity contribution >= 4 is 5.69 Å². The fourth-order valence-corrected chi connectivity index (χ4v) is 1.72. The van der Waals surface area contributed by atoms with Gasteiger partial charge in [0.2, 0.25) is 0 Å². The van der Waals surface area contributed by atoms with Gasteiger partial charge in [0.25, 0.3) is 0 Å². The van der Waals surface area contributed by atoms with Crippen LogP contribution in [0, 0.1) is 18.3 Å². The molecule has 3 nitrogen and oxygen atoms in total. The zero-order valence-electron chi connectivity index (χ0n) is 9.90. The van der Waals surface area contributed by atoms with E-state index in [2.05, 4.69) is 11.4 Å². The summed E-state index contributed by atoms with van der Waals surface area (Å²) in [6.07, 6.45) is 1.65. The predicted molar refractivity (Wildman–Crippen MR) is 66.6 cm³/mol. The second-order valence-electron chi connectivity index (χ2n) is 4.04. The first-order chi connectivity index (χ1) is 8.20. The number of nitrogens with zero attached hydrogens (tertiary/aromatic N) is 1. The predicted octanol–water partition coefficient (Wildman–Crippen LogP) is 3.63. The molecule has 0 bridgehead atoms. The van der Waals surface area contributed by atoms with E-state index in [9.17, 15) is 0 Å². The lowest BCUT2D eigenvalue weighted by atomic mass is 10.1. The van der Waals surface area contributed by atoms with Gasteiger partial charge in [-0.05, 0) is 43.7 Å². The maximum Gasteiger partial charge on any atom is 0.125 e. The quantitative estimate of drug-likeness (QED) is 0.869. The minimum Gasteiger partial charge on any atom is -0.467 e. The van der Waals surface area contributed by atoms with Crippen molar-refractivity contribution in [3.63, 3.8) is 0 Å². The van der Waals surface area contributed by atoms with Crippen molar-refractivity contribution in [2.24, 2.45) is 0 Å². The zero-order valence-corrected chi connectivity index (χ0v) is 9.90. The third-order valence-corrected chi connectivity index (χ3v) is 2.64. The van der Waals surface area contributed by atoms with E-state index in [4.69, 9.17) is 9.68 Å². The first kappa shape index (κ1) is 11.3. The molecule has 0 fully saturated rings. The van der Waals surface area contributed by atoms with Gasteiger partial charge in [0.05, 0.1) is 23.6 Å². The Kier molecular flexibility index (Phi) is 3.15. The van der Waals surface area contributed by atoms with Gasteiger partial charge in [-0.2, -0.15) is 5.26 Å². The van der Waals surface area contributed by atoms with Gasteiger partial charge in [-0.3, -0.25) is 0 Å². The Labute approximate surface area is 101 Å². The maximum absolute atomic E-state index is 9.07. The molecule has 86 valence electrons. The highest BCUT2D eigenvalue weighted by atomic mass is 16.3. The number of aryl methyl sites for hydroxylation is 1. The minimum atomic E-state index is 0.0415. The molecule has 0 saturated carbocycles. The van der Waals surface area contributed by atoms with Gasteiger partial charge in [-0.25, -0.2) is 0 Å². The molecule has 0 aliphatic rings. The number of hydrogen-bond acceptors (Lipinski definition) is 3. The van der Waals surface area contributed by atoms with Gasteiger partial charge in [-0.15, -0.1) is 0 Å². The van der Waals surface area contributed by atoms with E-state index in [1.807, 2.05) is 44.2 Å². The topological polar surface area (TPSA) is 49.0 Å². The van der Waals surface area contributed by atoms with E-state index in [1.165, 1.54) is 0 Å². The van der Waals surface area contributed by atoms with E-state index >= 15 is 0 Å². The molecule has 3 heteroatoms. The molecule has 1 aromatic carbocycles. The number of nitrogens with one attached hydrogen (secondary N) is 1. The van der Waals surface area contributed by atoms with Crippen LogP contribution in [-0.4, -0.2) is 0 Å². The summed E-state index contributed by atoms with van der Waals surface area (Å²) < 4.78 is 5.32. The second-order valence-corrected chi connectivity index (χ2v) is 4.04. The van der Waals surface area contributed by atoms with Crippen molar-refractivity contribution in [3.05, 3.63) is 53.5 Å². The van der Waals surface area contributed by atoms with Crippen molar-refractivity contribution in [2.75, 3.05) is 5.32 Å². The highest BCUT2D eigenvalue weighted by Gasteiger charge is 2.10. The summed E-state index contributed by atoms with van der Waals surface area (Å²) in [5.74, 6) is 0.856. The number of hydrogen-bond donors (Lipinski definition) is 1. The van der Waals surface area contributed by atoms with Crippen LogP contribution in [0.3, 0.4) is 0 Å². The van der Waals surface area contributed by atoms with Gasteiger partial charge >= 0.3 is 0 Å². The van der Waals surface area contributed by atoms with Crippen LogP contribution in [0.15, 0.2) is 41.0 Å². The first-order valence-corrected chi connectivity index (χ1v) is 5.51. The Bertz CT molecular complexity index is 538. The van der Waals surface area contributed by atoms with Crippen LogP contribution in [0.2, 0.25) is 0 Å². The summed E-state index contributed by atoms with van der Waals surface area (Å²) in [6.45, 7) is 3.97. The van der Waals surface area contributed by atoms with Crippen LogP contribution in [-0.2, 0) is 0 Å². The summed E-state index contributed by atoms with van der Waals surface area (Å²) >= 11 is 0. The molecule has 1 unspecified atom stereocenters. The Hall–Kier alpha value is -2.21. The van der Waals surface area contributed by atoms with Gasteiger partial charge in [0.1, 0.15) is 11.8 Å². The zero-order chi connectivity index (χ0) is 12.3. The highest BCUT2D eigenvalue weighted by Crippen LogP contribution is 2.23. The summed E-state index contributed by atoms with van der Waals surface area (Å²) in [7, 11) is 0. The molecule has 0 aliphatic heterocycles. The molecule has 0 aliphatic carbocycles. The van der Waals surface area contributed by atoms with Gasteiger partial charge < -0.3 is 9.73 Å². The normalized spacial score (nSPS) is 11.8. The van der Waals surface area contributed by atoms with Crippen LogP contribution in [0.25, 0.3) is 0 Å². The fourth-order valence-electron chi connectivity index (χ4n) is 1.72. The van der Waals surface area contributed by atoms with E-state index in [0.717, 1.165) is 17.0 Å². The molecular weight excluding hydrogens is 212 g/mol. The average Bonchev–Trinajstić information content (AvgIpc) is 2.85. The molecule has 0 radical (unpaired) electrons. The molecule has 1 heterocycles. The van der Waals surface area contributed by atoms with Crippen LogP contribution in [0.1, 0.15) is 29.9 Å². The highest BCUT2D eigenvalue weighted by molar-refractivity contribution is 5.59. The van der Waals surface area contributed by atoms with Crippen molar-refractivity contribution < 1.29 is 4.42 Å². The minimum absolute atomic E-state index is 0.0415. The first-order valence-electron chi connectivity index (χ1n) is 5.51. The van der Waals surface area contributed by atoms with Gasteiger partial charge in [-0.1, -0.05) is 6.07 Å². The Balaban J connectivity index is 2.22. The molecule has 0 spiro atoms. The van der Waals surface area contributed by atoms with Crippen molar-refractivity contribution in [3.8, 4) is 6.07 Å². The number of nitriles is 1. The number of furan rings is 1. The summed E-state index contributed by atoms with van der Waals surface area (Å²) in [6, 6.07) is 11.8. The Morgan fingerprint density at radius 3 is 2.82 bits per heavy atom. The molecule has 0 amide bonds. The third kappa shape index (κ3) is 2.48. The lowest BCUT2D eigenvalue weighted by molar-refractivity contribution is 0.490. The molecule has 17 heavy (non-hydrogen) atoms. The molecule has 1 atom stereocenters. The standard InChI is InChI=1S/C14H14N2O/c1-10-5-6-13(12(8-10)9-15)16-11(2)14-4-3-7-17-14/h3-8,11,16H,1-2H3. The lowest BCUT2D eigenvalue weighted by Gasteiger charge is -2.14. The smallest absolute Gasteiger partial charge is 0.125 e. The second kappa shape index (κ2) is 4.75. The van der Waals surface area contributed by atoms with Crippen LogP contribution in [0.5, 0.6) is 0 Å². The molecular formula is C14H14N2O. The molecule has 1 aromatic heterocycles. The summed E-state index contributed by atoms with van der Waals surface area (Å²) in [5.41, 5.74) is 2.57. The number of benzene rings is 1. The molecule has 2 aromatic rings. The molecule has 2 rings (SSSR count). The molecule has 0 saturated heterocycles. The molecule has 1 N–H and O–H groups in total.